The molecule has 7 nitrogen and oxygen atoms in total. The van der Waals surface area contributed by atoms with Crippen LogP contribution in [0.5, 0.6) is 0 Å². The first-order valence-electron chi connectivity index (χ1n) is 9.34. The molecule has 150 valence electrons. The minimum absolute atomic E-state index is 0.139. The molecule has 0 aliphatic carbocycles. The van der Waals surface area contributed by atoms with Gasteiger partial charge in [-0.25, -0.2) is 13.1 Å². The van der Waals surface area contributed by atoms with Crippen molar-refractivity contribution in [3.8, 4) is 0 Å². The van der Waals surface area contributed by atoms with Crippen molar-refractivity contribution in [1.29, 1.82) is 0 Å². The van der Waals surface area contributed by atoms with Crippen molar-refractivity contribution in [2.24, 2.45) is 0 Å². The van der Waals surface area contributed by atoms with E-state index in [4.69, 9.17) is 0 Å². The second-order valence-corrected chi connectivity index (χ2v) is 8.53. The number of sulfonamides is 1. The van der Waals surface area contributed by atoms with E-state index in [2.05, 4.69) is 19.8 Å². The lowest BCUT2D eigenvalue weighted by atomic mass is 10.1. The van der Waals surface area contributed by atoms with E-state index < -0.39 is 10.0 Å². The summed E-state index contributed by atoms with van der Waals surface area (Å²) in [6, 6.07) is 14.0. The summed E-state index contributed by atoms with van der Waals surface area (Å²) in [5.74, 6) is -0.343. The van der Waals surface area contributed by atoms with Crippen LogP contribution in [0.4, 0.5) is 11.4 Å². The number of anilines is 2. The number of piperazine rings is 1. The number of benzene rings is 2. The number of para-hydroxylation sites is 1. The Labute approximate surface area is 166 Å². The van der Waals surface area contributed by atoms with Crippen molar-refractivity contribution >= 4 is 27.3 Å². The minimum Gasteiger partial charge on any atom is -0.368 e. The van der Waals surface area contributed by atoms with Crippen LogP contribution in [-0.4, -0.2) is 59.0 Å². The molecule has 1 aliphatic heterocycles. The molecule has 2 N–H and O–H groups in total. The van der Waals surface area contributed by atoms with E-state index in [1.54, 1.807) is 31.2 Å². The van der Waals surface area contributed by atoms with Crippen LogP contribution in [0.2, 0.25) is 0 Å². The largest absolute Gasteiger partial charge is 0.368 e. The van der Waals surface area contributed by atoms with Crippen molar-refractivity contribution in [2.75, 3.05) is 50.0 Å². The number of nitrogens with one attached hydrogen (secondary N) is 2. The second kappa shape index (κ2) is 8.72. The van der Waals surface area contributed by atoms with Gasteiger partial charge < -0.3 is 15.1 Å². The number of amides is 1. The molecule has 0 bridgehead atoms. The van der Waals surface area contributed by atoms with Gasteiger partial charge in [0.15, 0.2) is 0 Å². The molecule has 1 aliphatic rings. The normalized spacial score (nSPS) is 15.4. The Balaban J connectivity index is 1.94. The highest BCUT2D eigenvalue weighted by atomic mass is 32.2. The number of hydrogen-bond acceptors (Lipinski definition) is 5. The van der Waals surface area contributed by atoms with Gasteiger partial charge in [-0.1, -0.05) is 25.1 Å². The summed E-state index contributed by atoms with van der Waals surface area (Å²) in [4.78, 5) is 17.0. The monoisotopic (exact) mass is 402 g/mol. The van der Waals surface area contributed by atoms with Gasteiger partial charge in [-0.2, -0.15) is 0 Å². The van der Waals surface area contributed by atoms with Gasteiger partial charge in [0.1, 0.15) is 4.90 Å². The fourth-order valence-electron chi connectivity index (χ4n) is 3.17. The smallest absolute Gasteiger partial charge is 0.255 e. The third-order valence-corrected chi connectivity index (χ3v) is 6.30. The van der Waals surface area contributed by atoms with Gasteiger partial charge in [-0.3, -0.25) is 4.79 Å². The van der Waals surface area contributed by atoms with Crippen LogP contribution in [0.25, 0.3) is 0 Å². The summed E-state index contributed by atoms with van der Waals surface area (Å²) in [6.07, 6.45) is 0. The number of rotatable bonds is 6. The summed E-state index contributed by atoms with van der Waals surface area (Å²) in [5, 5.41) is 2.80. The first-order chi connectivity index (χ1) is 13.4. The molecule has 0 atom stereocenters. The van der Waals surface area contributed by atoms with Crippen molar-refractivity contribution in [3.63, 3.8) is 0 Å². The Morgan fingerprint density at radius 3 is 2.36 bits per heavy atom. The molecule has 1 fully saturated rings. The van der Waals surface area contributed by atoms with E-state index in [1.165, 1.54) is 6.07 Å². The highest BCUT2D eigenvalue weighted by molar-refractivity contribution is 7.89. The first-order valence-corrected chi connectivity index (χ1v) is 10.8. The molecule has 0 unspecified atom stereocenters. The maximum absolute atomic E-state index is 12.8. The lowest BCUT2D eigenvalue weighted by molar-refractivity contribution is 0.102. The maximum Gasteiger partial charge on any atom is 0.255 e. The van der Waals surface area contributed by atoms with Gasteiger partial charge in [0, 0.05) is 44.0 Å². The fourth-order valence-corrected chi connectivity index (χ4v) is 4.46. The average Bonchev–Trinajstić information content (AvgIpc) is 2.69. The average molecular weight is 403 g/mol. The molecule has 2 aromatic carbocycles. The molecule has 0 radical (unpaired) electrons. The number of likely N-dealkylation sites (N-methyl/N-ethyl adjacent to an activating group) is 1. The topological polar surface area (TPSA) is 81.7 Å². The summed E-state index contributed by atoms with van der Waals surface area (Å²) < 4.78 is 28.2. The van der Waals surface area contributed by atoms with Crippen LogP contribution in [0.1, 0.15) is 17.3 Å². The zero-order valence-electron chi connectivity index (χ0n) is 16.2. The zero-order valence-corrected chi connectivity index (χ0v) is 17.0. The second-order valence-electron chi connectivity index (χ2n) is 6.79. The van der Waals surface area contributed by atoms with E-state index in [1.807, 2.05) is 25.2 Å². The summed E-state index contributed by atoms with van der Waals surface area (Å²) in [6.45, 7) is 5.21. The Morgan fingerprint density at radius 2 is 1.71 bits per heavy atom. The lowest BCUT2D eigenvalue weighted by Crippen LogP contribution is -2.45. The SMILES string of the molecule is CCNS(=O)(=O)c1cc(C(=O)Nc2ccccc2)ccc1N1CCN(C)CC1. The molecule has 0 spiro atoms. The first kappa shape index (κ1) is 20.3. The Hall–Kier alpha value is -2.42. The van der Waals surface area contributed by atoms with E-state index in [-0.39, 0.29) is 17.3 Å². The maximum atomic E-state index is 12.8. The third kappa shape index (κ3) is 4.70. The number of carbonyl (C=O) groups is 1. The Bertz CT molecular complexity index is 924. The molecule has 0 saturated carbocycles. The highest BCUT2D eigenvalue weighted by Crippen LogP contribution is 2.28. The van der Waals surface area contributed by atoms with Crippen LogP contribution in [0.15, 0.2) is 53.4 Å². The van der Waals surface area contributed by atoms with Crippen LogP contribution in [0.3, 0.4) is 0 Å². The van der Waals surface area contributed by atoms with Gasteiger partial charge in [-0.15, -0.1) is 0 Å². The molecule has 28 heavy (non-hydrogen) atoms. The van der Waals surface area contributed by atoms with Crippen LogP contribution >= 0.6 is 0 Å². The summed E-state index contributed by atoms with van der Waals surface area (Å²) >= 11 is 0. The number of nitrogens with zero attached hydrogens (tertiary/aromatic N) is 2. The molecular weight excluding hydrogens is 376 g/mol. The minimum atomic E-state index is -3.72. The Morgan fingerprint density at radius 1 is 1.04 bits per heavy atom. The Kier molecular flexibility index (Phi) is 6.33. The van der Waals surface area contributed by atoms with Gasteiger partial charge >= 0.3 is 0 Å². The number of hydrogen-bond donors (Lipinski definition) is 2. The molecule has 1 saturated heterocycles. The van der Waals surface area contributed by atoms with Crippen molar-refractivity contribution in [3.05, 3.63) is 54.1 Å². The van der Waals surface area contributed by atoms with Gasteiger partial charge in [0.25, 0.3) is 5.91 Å². The van der Waals surface area contributed by atoms with E-state index in [0.717, 1.165) is 26.2 Å². The molecule has 2 aromatic rings. The van der Waals surface area contributed by atoms with Gasteiger partial charge in [0.2, 0.25) is 10.0 Å². The van der Waals surface area contributed by atoms with Gasteiger partial charge in [0.05, 0.1) is 5.69 Å². The predicted molar refractivity (Wildman–Crippen MR) is 111 cm³/mol. The van der Waals surface area contributed by atoms with E-state index in [9.17, 15) is 13.2 Å². The van der Waals surface area contributed by atoms with Gasteiger partial charge in [-0.05, 0) is 37.4 Å². The third-order valence-electron chi connectivity index (χ3n) is 4.72. The van der Waals surface area contributed by atoms with Crippen LogP contribution < -0.4 is 14.9 Å². The lowest BCUT2D eigenvalue weighted by Gasteiger charge is -2.35. The summed E-state index contributed by atoms with van der Waals surface area (Å²) in [7, 11) is -1.67. The molecule has 1 heterocycles. The molecule has 0 aromatic heterocycles. The molecule has 3 rings (SSSR count). The van der Waals surface area contributed by atoms with E-state index >= 15 is 0 Å². The zero-order chi connectivity index (χ0) is 20.1. The molecular formula is C20H26N4O3S. The van der Waals surface area contributed by atoms with E-state index in [0.29, 0.717) is 16.9 Å². The fraction of sp³-hybridized carbons (Fsp3) is 0.350. The van der Waals surface area contributed by atoms with Crippen LogP contribution in [-0.2, 0) is 10.0 Å². The van der Waals surface area contributed by atoms with Crippen LogP contribution in [0, 0.1) is 0 Å². The molecule has 1 amide bonds. The van der Waals surface area contributed by atoms with Crippen molar-refractivity contribution in [1.82, 2.24) is 9.62 Å². The standard InChI is InChI=1S/C20H26N4O3S/c1-3-21-28(26,27)19-15-16(20(25)22-17-7-5-4-6-8-17)9-10-18(19)24-13-11-23(2)12-14-24/h4-10,15,21H,3,11-14H2,1-2H3,(H,22,25). The highest BCUT2D eigenvalue weighted by Gasteiger charge is 2.25. The van der Waals surface area contributed by atoms with Crippen molar-refractivity contribution in [2.45, 2.75) is 11.8 Å². The summed E-state index contributed by atoms with van der Waals surface area (Å²) in [5.41, 5.74) is 1.59. The quantitative estimate of drug-likeness (QED) is 0.772. The number of carbonyl (C=O) groups excluding carboxylic acids is 1. The predicted octanol–water partition coefficient (Wildman–Crippen LogP) is 1.99. The molecule has 8 heteroatoms. The van der Waals surface area contributed by atoms with Crippen molar-refractivity contribution < 1.29 is 13.2 Å².